The minimum absolute atomic E-state index is 0. The van der Waals surface area contributed by atoms with Gasteiger partial charge in [-0.25, -0.2) is 0 Å². The zero-order valence-electron chi connectivity index (χ0n) is 13.7. The van der Waals surface area contributed by atoms with E-state index in [1.165, 1.54) is 6.07 Å². The summed E-state index contributed by atoms with van der Waals surface area (Å²) in [5, 5.41) is 14.4. The molecule has 0 spiro atoms. The van der Waals surface area contributed by atoms with Crippen LogP contribution < -0.4 is 5.32 Å². The van der Waals surface area contributed by atoms with Gasteiger partial charge < -0.3 is 10.2 Å². The second kappa shape index (κ2) is 7.92. The average molecular weight is 355 g/mol. The third-order valence-corrected chi connectivity index (χ3v) is 4.80. The zero-order chi connectivity index (χ0) is 16.4. The number of rotatable bonds is 3. The molecule has 1 atom stereocenters. The van der Waals surface area contributed by atoms with Crippen molar-refractivity contribution in [2.75, 3.05) is 39.3 Å². The molecule has 2 heterocycles. The van der Waals surface area contributed by atoms with Gasteiger partial charge in [0.25, 0.3) is 11.6 Å². The summed E-state index contributed by atoms with van der Waals surface area (Å²) in [6, 6.07) is 5.29. The van der Waals surface area contributed by atoms with Crippen LogP contribution in [0.25, 0.3) is 0 Å². The normalized spacial score (nSPS) is 21.4. The fourth-order valence-corrected chi connectivity index (χ4v) is 3.36. The molecule has 0 saturated carbocycles. The number of aryl methyl sites for hydroxylation is 1. The third kappa shape index (κ3) is 3.85. The zero-order valence-corrected chi connectivity index (χ0v) is 14.6. The van der Waals surface area contributed by atoms with Gasteiger partial charge in [0.1, 0.15) is 0 Å². The first-order chi connectivity index (χ1) is 11.1. The molecule has 8 heteroatoms. The van der Waals surface area contributed by atoms with Gasteiger partial charge in [-0.15, -0.1) is 12.4 Å². The summed E-state index contributed by atoms with van der Waals surface area (Å²) in [5.74, 6) is -0.114. The van der Waals surface area contributed by atoms with Gasteiger partial charge >= 0.3 is 0 Å². The van der Waals surface area contributed by atoms with Crippen LogP contribution >= 0.6 is 12.4 Å². The molecule has 7 nitrogen and oxygen atoms in total. The van der Waals surface area contributed by atoms with Crippen LogP contribution in [-0.4, -0.2) is 65.9 Å². The van der Waals surface area contributed by atoms with Crippen molar-refractivity contribution in [3.63, 3.8) is 0 Å². The van der Waals surface area contributed by atoms with E-state index in [4.69, 9.17) is 0 Å². The molecule has 0 radical (unpaired) electrons. The maximum atomic E-state index is 12.6. The summed E-state index contributed by atoms with van der Waals surface area (Å²) in [7, 11) is 0. The first-order valence-corrected chi connectivity index (χ1v) is 8.05. The van der Waals surface area contributed by atoms with E-state index in [-0.39, 0.29) is 24.0 Å². The van der Waals surface area contributed by atoms with Crippen molar-refractivity contribution in [1.82, 2.24) is 15.1 Å². The number of nitro groups is 1. The Morgan fingerprint density at radius 1 is 1.29 bits per heavy atom. The molecule has 3 rings (SSSR count). The minimum atomic E-state index is -0.433. The summed E-state index contributed by atoms with van der Waals surface area (Å²) < 4.78 is 0. The first kappa shape index (κ1) is 18.6. The van der Waals surface area contributed by atoms with Gasteiger partial charge in [-0.2, -0.15) is 0 Å². The average Bonchev–Trinajstić information content (AvgIpc) is 3.09. The quantitative estimate of drug-likeness (QED) is 0.656. The van der Waals surface area contributed by atoms with Crippen molar-refractivity contribution in [1.29, 1.82) is 0 Å². The number of halogens is 1. The van der Waals surface area contributed by atoms with Crippen LogP contribution in [0.1, 0.15) is 22.3 Å². The van der Waals surface area contributed by atoms with Gasteiger partial charge in [-0.1, -0.05) is 6.07 Å². The predicted octanol–water partition coefficient (Wildman–Crippen LogP) is 1.44. The second-order valence-electron chi connectivity index (χ2n) is 6.23. The van der Waals surface area contributed by atoms with Crippen LogP contribution in [0.2, 0.25) is 0 Å². The lowest BCUT2D eigenvalue weighted by atomic mass is 10.1. The van der Waals surface area contributed by atoms with Crippen LogP contribution in [0.4, 0.5) is 5.69 Å². The lowest BCUT2D eigenvalue weighted by Gasteiger charge is -2.37. The number of benzene rings is 1. The Kier molecular flexibility index (Phi) is 6.15. The van der Waals surface area contributed by atoms with E-state index in [1.54, 1.807) is 24.0 Å². The van der Waals surface area contributed by atoms with Crippen molar-refractivity contribution in [2.24, 2.45) is 0 Å². The summed E-state index contributed by atoms with van der Waals surface area (Å²) >= 11 is 0. The summed E-state index contributed by atoms with van der Waals surface area (Å²) in [6.45, 7) is 6.86. The van der Waals surface area contributed by atoms with Gasteiger partial charge in [0.15, 0.2) is 0 Å². The molecule has 24 heavy (non-hydrogen) atoms. The molecule has 1 unspecified atom stereocenters. The van der Waals surface area contributed by atoms with Gasteiger partial charge in [0, 0.05) is 56.0 Å². The van der Waals surface area contributed by atoms with Crippen molar-refractivity contribution in [3.8, 4) is 0 Å². The van der Waals surface area contributed by atoms with E-state index in [2.05, 4.69) is 10.2 Å². The first-order valence-electron chi connectivity index (χ1n) is 8.05. The molecule has 1 amide bonds. The van der Waals surface area contributed by atoms with Gasteiger partial charge in [0.05, 0.1) is 4.92 Å². The molecule has 0 aromatic heterocycles. The molecule has 1 aromatic rings. The van der Waals surface area contributed by atoms with E-state index in [1.807, 2.05) is 0 Å². The number of hydrogen-bond acceptors (Lipinski definition) is 5. The number of hydrogen-bond donors (Lipinski definition) is 1. The fourth-order valence-electron chi connectivity index (χ4n) is 3.36. The molecule has 2 aliphatic rings. The van der Waals surface area contributed by atoms with Gasteiger partial charge in [-0.05, 0) is 26.0 Å². The summed E-state index contributed by atoms with van der Waals surface area (Å²) in [5.41, 5.74) is 0.981. The Bertz CT molecular complexity index is 611. The van der Waals surface area contributed by atoms with Crippen LogP contribution in [0.5, 0.6) is 0 Å². The Morgan fingerprint density at radius 3 is 2.58 bits per heavy atom. The standard InChI is InChI=1S/C16H22N4O3.ClH/c1-12-2-3-13(10-15(12)20(22)23)16(21)19-8-6-18(7-9-19)14-4-5-17-11-14;/h2-3,10,14,17H,4-9,11H2,1H3;1H. The smallest absolute Gasteiger partial charge is 0.273 e. The fraction of sp³-hybridized carbons (Fsp3) is 0.562. The lowest BCUT2D eigenvalue weighted by molar-refractivity contribution is -0.385. The number of carbonyl (C=O) groups is 1. The summed E-state index contributed by atoms with van der Waals surface area (Å²) in [6.07, 6.45) is 1.16. The maximum Gasteiger partial charge on any atom is 0.273 e. The third-order valence-electron chi connectivity index (χ3n) is 4.80. The van der Waals surface area contributed by atoms with Gasteiger partial charge in [0.2, 0.25) is 0 Å². The SMILES string of the molecule is Cc1ccc(C(=O)N2CCN(C3CCNC3)CC2)cc1[N+](=O)[O-].Cl. The molecule has 1 aromatic carbocycles. The Hall–Kier alpha value is -1.70. The highest BCUT2D eigenvalue weighted by atomic mass is 35.5. The molecule has 132 valence electrons. The number of nitrogens with zero attached hydrogens (tertiary/aromatic N) is 3. The number of carbonyl (C=O) groups excluding carboxylic acids is 1. The highest BCUT2D eigenvalue weighted by molar-refractivity contribution is 5.95. The predicted molar refractivity (Wildman–Crippen MR) is 93.8 cm³/mol. The molecule has 2 saturated heterocycles. The van der Waals surface area contributed by atoms with E-state index < -0.39 is 4.92 Å². The molecular formula is C16H23ClN4O3. The molecular weight excluding hydrogens is 332 g/mol. The topological polar surface area (TPSA) is 78.7 Å². The Balaban J connectivity index is 0.00000208. The summed E-state index contributed by atoms with van der Waals surface area (Å²) in [4.78, 5) is 27.4. The minimum Gasteiger partial charge on any atom is -0.336 e. The highest BCUT2D eigenvalue weighted by Crippen LogP contribution is 2.21. The Morgan fingerprint density at radius 2 is 2.00 bits per heavy atom. The Labute approximate surface area is 147 Å². The second-order valence-corrected chi connectivity index (χ2v) is 6.23. The van der Waals surface area contributed by atoms with Gasteiger partial charge in [-0.3, -0.25) is 19.8 Å². The molecule has 2 fully saturated rings. The van der Waals surface area contributed by atoms with Crippen LogP contribution in [0, 0.1) is 17.0 Å². The van der Waals surface area contributed by atoms with Crippen molar-refractivity contribution in [3.05, 3.63) is 39.4 Å². The van der Waals surface area contributed by atoms with E-state index in [0.29, 0.717) is 30.3 Å². The van der Waals surface area contributed by atoms with Crippen molar-refractivity contribution in [2.45, 2.75) is 19.4 Å². The van der Waals surface area contributed by atoms with Crippen LogP contribution in [-0.2, 0) is 0 Å². The van der Waals surface area contributed by atoms with E-state index in [0.717, 1.165) is 32.6 Å². The van der Waals surface area contributed by atoms with Crippen LogP contribution in [0.3, 0.4) is 0 Å². The number of nitrogens with one attached hydrogen (secondary N) is 1. The lowest BCUT2D eigenvalue weighted by Crippen LogP contribution is -2.52. The van der Waals surface area contributed by atoms with Crippen LogP contribution in [0.15, 0.2) is 18.2 Å². The molecule has 0 bridgehead atoms. The molecule has 2 aliphatic heterocycles. The molecule has 0 aliphatic carbocycles. The number of piperazine rings is 1. The molecule has 1 N–H and O–H groups in total. The number of amides is 1. The van der Waals surface area contributed by atoms with E-state index in [9.17, 15) is 14.9 Å². The van der Waals surface area contributed by atoms with Crippen molar-refractivity contribution >= 4 is 24.0 Å². The highest BCUT2D eigenvalue weighted by Gasteiger charge is 2.28. The number of nitro benzene ring substituents is 1. The maximum absolute atomic E-state index is 12.6. The monoisotopic (exact) mass is 354 g/mol. The van der Waals surface area contributed by atoms with E-state index >= 15 is 0 Å². The van der Waals surface area contributed by atoms with Crippen molar-refractivity contribution < 1.29 is 9.72 Å². The largest absolute Gasteiger partial charge is 0.336 e.